The SMILES string of the molecule is COCCOC(=O)C(C)Oc1ccc(N)cc1. The van der Waals surface area contributed by atoms with E-state index in [2.05, 4.69) is 0 Å². The number of esters is 1. The molecule has 0 spiro atoms. The van der Waals surface area contributed by atoms with Crippen molar-refractivity contribution >= 4 is 11.7 Å². The van der Waals surface area contributed by atoms with E-state index in [4.69, 9.17) is 19.9 Å². The molecule has 1 unspecified atom stereocenters. The van der Waals surface area contributed by atoms with Crippen LogP contribution in [0, 0.1) is 0 Å². The number of nitrogens with two attached hydrogens (primary N) is 1. The summed E-state index contributed by atoms with van der Waals surface area (Å²) in [7, 11) is 1.54. The topological polar surface area (TPSA) is 70.8 Å². The van der Waals surface area contributed by atoms with E-state index in [1.807, 2.05) is 0 Å². The number of hydrogen-bond donors (Lipinski definition) is 1. The zero-order valence-electron chi connectivity index (χ0n) is 10.0. The molecule has 0 saturated heterocycles. The molecule has 0 saturated carbocycles. The van der Waals surface area contributed by atoms with Crippen LogP contribution in [0.4, 0.5) is 5.69 Å². The Morgan fingerprint density at radius 3 is 2.53 bits per heavy atom. The van der Waals surface area contributed by atoms with Crippen LogP contribution in [-0.4, -0.2) is 32.4 Å². The van der Waals surface area contributed by atoms with Gasteiger partial charge in [-0.2, -0.15) is 0 Å². The van der Waals surface area contributed by atoms with Gasteiger partial charge in [0.2, 0.25) is 0 Å². The summed E-state index contributed by atoms with van der Waals surface area (Å²) in [4.78, 5) is 11.5. The van der Waals surface area contributed by atoms with Gasteiger partial charge in [-0.25, -0.2) is 4.79 Å². The van der Waals surface area contributed by atoms with Crippen LogP contribution in [0.2, 0.25) is 0 Å². The molecule has 1 atom stereocenters. The number of ether oxygens (including phenoxy) is 3. The first-order chi connectivity index (χ1) is 8.13. The lowest BCUT2D eigenvalue weighted by atomic mass is 10.3. The summed E-state index contributed by atoms with van der Waals surface area (Å²) >= 11 is 0. The molecule has 0 bridgehead atoms. The highest BCUT2D eigenvalue weighted by Gasteiger charge is 2.15. The molecule has 0 fully saturated rings. The van der Waals surface area contributed by atoms with Crippen molar-refractivity contribution in [1.82, 2.24) is 0 Å². The molecule has 0 amide bonds. The molecular formula is C12H17NO4. The van der Waals surface area contributed by atoms with Crippen molar-refractivity contribution in [2.75, 3.05) is 26.1 Å². The van der Waals surface area contributed by atoms with Crippen molar-refractivity contribution in [2.24, 2.45) is 0 Å². The third-order valence-corrected chi connectivity index (χ3v) is 2.06. The Kier molecular flexibility index (Phi) is 5.29. The first-order valence-electron chi connectivity index (χ1n) is 5.31. The minimum atomic E-state index is -0.657. The highest BCUT2D eigenvalue weighted by atomic mass is 16.6. The fourth-order valence-corrected chi connectivity index (χ4v) is 1.14. The van der Waals surface area contributed by atoms with E-state index in [9.17, 15) is 4.79 Å². The third kappa shape index (κ3) is 4.74. The zero-order chi connectivity index (χ0) is 12.7. The second kappa shape index (κ2) is 6.75. The molecule has 2 N–H and O–H groups in total. The minimum Gasteiger partial charge on any atom is -0.479 e. The molecule has 17 heavy (non-hydrogen) atoms. The molecule has 1 aromatic rings. The Hall–Kier alpha value is -1.75. The number of carbonyl (C=O) groups excluding carboxylic acids is 1. The Morgan fingerprint density at radius 1 is 1.29 bits per heavy atom. The van der Waals surface area contributed by atoms with Crippen LogP contribution in [0.5, 0.6) is 5.75 Å². The molecule has 0 aliphatic heterocycles. The van der Waals surface area contributed by atoms with Gasteiger partial charge >= 0.3 is 5.97 Å². The standard InChI is InChI=1S/C12H17NO4/c1-9(12(14)16-8-7-15-2)17-11-5-3-10(13)4-6-11/h3-6,9H,7-8,13H2,1-2H3. The molecule has 0 aliphatic rings. The van der Waals surface area contributed by atoms with Crippen LogP contribution >= 0.6 is 0 Å². The lowest BCUT2D eigenvalue weighted by molar-refractivity contribution is -0.152. The molecule has 1 rings (SSSR count). The maximum absolute atomic E-state index is 11.5. The van der Waals surface area contributed by atoms with Gasteiger partial charge in [-0.15, -0.1) is 0 Å². The van der Waals surface area contributed by atoms with Gasteiger partial charge in [0.05, 0.1) is 6.61 Å². The van der Waals surface area contributed by atoms with Crippen molar-refractivity contribution < 1.29 is 19.0 Å². The van der Waals surface area contributed by atoms with Crippen LogP contribution in [0.15, 0.2) is 24.3 Å². The van der Waals surface area contributed by atoms with Gasteiger partial charge in [0.25, 0.3) is 0 Å². The lowest BCUT2D eigenvalue weighted by Gasteiger charge is -2.13. The van der Waals surface area contributed by atoms with Gasteiger partial charge in [-0.05, 0) is 31.2 Å². The van der Waals surface area contributed by atoms with Crippen LogP contribution in [0.3, 0.4) is 0 Å². The second-order valence-electron chi connectivity index (χ2n) is 3.49. The van der Waals surface area contributed by atoms with Crippen LogP contribution in [0.1, 0.15) is 6.92 Å². The Bertz CT molecular complexity index is 350. The molecule has 0 heterocycles. The van der Waals surface area contributed by atoms with Gasteiger partial charge in [0, 0.05) is 12.8 Å². The monoisotopic (exact) mass is 239 g/mol. The van der Waals surface area contributed by atoms with Crippen molar-refractivity contribution in [3.8, 4) is 5.75 Å². The predicted molar refractivity (Wildman–Crippen MR) is 63.8 cm³/mol. The van der Waals surface area contributed by atoms with Crippen LogP contribution in [-0.2, 0) is 14.3 Å². The fourth-order valence-electron chi connectivity index (χ4n) is 1.14. The van der Waals surface area contributed by atoms with Crippen LogP contribution in [0.25, 0.3) is 0 Å². The largest absolute Gasteiger partial charge is 0.479 e. The molecule has 1 aromatic carbocycles. The normalized spacial score (nSPS) is 11.9. The lowest BCUT2D eigenvalue weighted by Crippen LogP contribution is -2.27. The highest BCUT2D eigenvalue weighted by Crippen LogP contribution is 2.15. The number of carbonyl (C=O) groups is 1. The average molecular weight is 239 g/mol. The molecule has 0 aliphatic carbocycles. The van der Waals surface area contributed by atoms with E-state index in [1.165, 1.54) is 0 Å². The molecule has 0 aromatic heterocycles. The summed E-state index contributed by atoms with van der Waals surface area (Å²) in [5.74, 6) is 0.161. The smallest absolute Gasteiger partial charge is 0.347 e. The van der Waals surface area contributed by atoms with Crippen molar-refractivity contribution in [2.45, 2.75) is 13.0 Å². The zero-order valence-corrected chi connectivity index (χ0v) is 10.0. The number of methoxy groups -OCH3 is 1. The first-order valence-corrected chi connectivity index (χ1v) is 5.31. The van der Waals surface area contributed by atoms with Gasteiger partial charge in [0.1, 0.15) is 12.4 Å². The minimum absolute atomic E-state index is 0.227. The molecule has 5 nitrogen and oxygen atoms in total. The average Bonchev–Trinajstić information content (AvgIpc) is 2.32. The van der Waals surface area contributed by atoms with Gasteiger partial charge in [-0.3, -0.25) is 0 Å². The predicted octanol–water partition coefficient (Wildman–Crippen LogP) is 1.23. The Balaban J connectivity index is 2.40. The number of nitrogen functional groups attached to an aromatic ring is 1. The molecule has 5 heteroatoms. The quantitative estimate of drug-likeness (QED) is 0.459. The van der Waals surface area contributed by atoms with Crippen molar-refractivity contribution in [3.63, 3.8) is 0 Å². The number of benzene rings is 1. The van der Waals surface area contributed by atoms with Gasteiger partial charge < -0.3 is 19.9 Å². The molecule has 94 valence electrons. The number of hydrogen-bond acceptors (Lipinski definition) is 5. The summed E-state index contributed by atoms with van der Waals surface area (Å²) in [6, 6.07) is 6.82. The first kappa shape index (κ1) is 13.3. The number of rotatable bonds is 6. The van der Waals surface area contributed by atoms with E-state index < -0.39 is 12.1 Å². The van der Waals surface area contributed by atoms with E-state index in [-0.39, 0.29) is 6.61 Å². The second-order valence-corrected chi connectivity index (χ2v) is 3.49. The van der Waals surface area contributed by atoms with Crippen molar-refractivity contribution in [3.05, 3.63) is 24.3 Å². The third-order valence-electron chi connectivity index (χ3n) is 2.06. The van der Waals surface area contributed by atoms with Gasteiger partial charge in [-0.1, -0.05) is 0 Å². The molecular weight excluding hydrogens is 222 g/mol. The van der Waals surface area contributed by atoms with E-state index in [0.717, 1.165) is 0 Å². The van der Waals surface area contributed by atoms with Crippen molar-refractivity contribution in [1.29, 1.82) is 0 Å². The summed E-state index contributed by atoms with van der Waals surface area (Å²) in [6.07, 6.45) is -0.657. The maximum atomic E-state index is 11.5. The molecule has 0 radical (unpaired) electrons. The number of anilines is 1. The highest BCUT2D eigenvalue weighted by molar-refractivity contribution is 5.74. The van der Waals surface area contributed by atoms with Crippen LogP contribution < -0.4 is 10.5 Å². The summed E-state index contributed by atoms with van der Waals surface area (Å²) < 4.78 is 15.1. The van der Waals surface area contributed by atoms with E-state index in [1.54, 1.807) is 38.3 Å². The van der Waals surface area contributed by atoms with E-state index in [0.29, 0.717) is 18.0 Å². The Labute approximate surface area is 100 Å². The van der Waals surface area contributed by atoms with E-state index >= 15 is 0 Å². The fraction of sp³-hybridized carbons (Fsp3) is 0.417. The summed E-state index contributed by atoms with van der Waals surface area (Å²) in [5, 5.41) is 0. The van der Waals surface area contributed by atoms with Gasteiger partial charge in [0.15, 0.2) is 6.10 Å². The summed E-state index contributed by atoms with van der Waals surface area (Å²) in [5.41, 5.74) is 6.18. The Morgan fingerprint density at radius 2 is 1.94 bits per heavy atom. The maximum Gasteiger partial charge on any atom is 0.347 e. The summed E-state index contributed by atoms with van der Waals surface area (Å²) in [6.45, 7) is 2.23.